The summed E-state index contributed by atoms with van der Waals surface area (Å²) >= 11 is 0. The SMILES string of the molecule is NC(=NC(=O)C(F)(F)F)c1ccc(C(=O)NCC2c3ccccc3CN2C(=O)c2ccccc2)cc1. The minimum absolute atomic E-state index is 0.0634. The molecule has 4 rings (SSSR count). The molecule has 0 bridgehead atoms. The Balaban J connectivity index is 1.47. The summed E-state index contributed by atoms with van der Waals surface area (Å²) in [5, 5.41) is 2.82. The lowest BCUT2D eigenvalue weighted by molar-refractivity contribution is -0.169. The second kappa shape index (κ2) is 10.0. The van der Waals surface area contributed by atoms with Gasteiger partial charge in [0.25, 0.3) is 11.8 Å². The Hall–Kier alpha value is -4.47. The van der Waals surface area contributed by atoms with Gasteiger partial charge in [0.05, 0.1) is 6.04 Å². The fourth-order valence-electron chi connectivity index (χ4n) is 3.97. The zero-order chi connectivity index (χ0) is 25.9. The van der Waals surface area contributed by atoms with Crippen LogP contribution in [-0.4, -0.2) is 41.2 Å². The van der Waals surface area contributed by atoms with E-state index in [1.807, 2.05) is 30.3 Å². The van der Waals surface area contributed by atoms with Gasteiger partial charge in [-0.05, 0) is 35.4 Å². The predicted molar refractivity (Wildman–Crippen MR) is 126 cm³/mol. The minimum atomic E-state index is -5.13. The molecule has 3 amide bonds. The molecule has 0 saturated carbocycles. The van der Waals surface area contributed by atoms with Crippen LogP contribution < -0.4 is 11.1 Å². The summed E-state index contributed by atoms with van der Waals surface area (Å²) in [7, 11) is 0. The molecule has 0 fully saturated rings. The number of carbonyl (C=O) groups is 3. The van der Waals surface area contributed by atoms with Crippen molar-refractivity contribution in [3.63, 3.8) is 0 Å². The van der Waals surface area contributed by atoms with Gasteiger partial charge in [-0.15, -0.1) is 0 Å². The topological polar surface area (TPSA) is 105 Å². The molecule has 1 heterocycles. The van der Waals surface area contributed by atoms with E-state index in [0.717, 1.165) is 11.1 Å². The molecule has 1 unspecified atom stereocenters. The van der Waals surface area contributed by atoms with Gasteiger partial charge in [-0.2, -0.15) is 18.2 Å². The van der Waals surface area contributed by atoms with E-state index in [-0.39, 0.29) is 29.6 Å². The van der Waals surface area contributed by atoms with Crippen molar-refractivity contribution in [1.29, 1.82) is 0 Å². The lowest BCUT2D eigenvalue weighted by atomic mass is 10.0. The summed E-state index contributed by atoms with van der Waals surface area (Å²) in [6.07, 6.45) is -5.13. The van der Waals surface area contributed by atoms with Gasteiger partial charge in [-0.3, -0.25) is 14.4 Å². The number of amidine groups is 1. The maximum atomic E-state index is 13.2. The van der Waals surface area contributed by atoms with Gasteiger partial charge in [0.1, 0.15) is 5.84 Å². The highest BCUT2D eigenvalue weighted by Gasteiger charge is 2.39. The summed E-state index contributed by atoms with van der Waals surface area (Å²) in [6, 6.07) is 21.4. The number of hydrogen-bond donors (Lipinski definition) is 2. The van der Waals surface area contributed by atoms with Crippen LogP contribution in [0.25, 0.3) is 0 Å². The van der Waals surface area contributed by atoms with Crippen molar-refractivity contribution < 1.29 is 27.6 Å². The molecule has 10 heteroatoms. The minimum Gasteiger partial charge on any atom is -0.383 e. The van der Waals surface area contributed by atoms with Gasteiger partial charge in [0.15, 0.2) is 0 Å². The van der Waals surface area contributed by atoms with Crippen molar-refractivity contribution in [3.8, 4) is 0 Å². The van der Waals surface area contributed by atoms with E-state index in [0.29, 0.717) is 12.1 Å². The molecule has 184 valence electrons. The van der Waals surface area contributed by atoms with E-state index in [9.17, 15) is 27.6 Å². The molecule has 3 aromatic carbocycles. The summed E-state index contributed by atoms with van der Waals surface area (Å²) in [6.45, 7) is 0.564. The molecule has 0 spiro atoms. The number of halogens is 3. The first-order chi connectivity index (χ1) is 17.1. The third kappa shape index (κ3) is 5.27. The standard InChI is InChI=1S/C26H21F3N4O3/c27-26(28,29)25(36)32-22(30)16-10-12-17(13-11-16)23(34)31-14-21-20-9-5-4-8-19(20)15-33(21)24(35)18-6-2-1-3-7-18/h1-13,21H,14-15H2,(H,31,34)(H2,30,32,36). The highest BCUT2D eigenvalue weighted by Crippen LogP contribution is 2.34. The highest BCUT2D eigenvalue weighted by atomic mass is 19.4. The molecule has 7 nitrogen and oxygen atoms in total. The first kappa shape index (κ1) is 24.6. The summed E-state index contributed by atoms with van der Waals surface area (Å²) < 4.78 is 37.2. The van der Waals surface area contributed by atoms with E-state index in [2.05, 4.69) is 10.3 Å². The molecule has 0 radical (unpaired) electrons. The van der Waals surface area contributed by atoms with Crippen molar-refractivity contribution in [3.05, 3.63) is 107 Å². The Morgan fingerprint density at radius 1 is 0.889 bits per heavy atom. The zero-order valence-corrected chi connectivity index (χ0v) is 18.8. The fraction of sp³-hybridized carbons (Fsp3) is 0.154. The molecular formula is C26H21F3N4O3. The fourth-order valence-corrected chi connectivity index (χ4v) is 3.97. The van der Waals surface area contributed by atoms with E-state index in [4.69, 9.17) is 5.73 Å². The van der Waals surface area contributed by atoms with Crippen LogP contribution in [0.4, 0.5) is 13.2 Å². The van der Waals surface area contributed by atoms with Crippen molar-refractivity contribution in [2.75, 3.05) is 6.54 Å². The normalized spacial score (nSPS) is 15.4. The van der Waals surface area contributed by atoms with E-state index in [1.165, 1.54) is 24.3 Å². The number of amides is 3. The summed E-state index contributed by atoms with van der Waals surface area (Å²) in [4.78, 5) is 41.5. The van der Waals surface area contributed by atoms with Crippen LogP contribution in [-0.2, 0) is 11.3 Å². The van der Waals surface area contributed by atoms with Crippen LogP contribution >= 0.6 is 0 Å². The van der Waals surface area contributed by atoms with E-state index < -0.39 is 23.8 Å². The Bertz CT molecular complexity index is 1320. The number of nitrogens with zero attached hydrogens (tertiary/aromatic N) is 2. The first-order valence-electron chi connectivity index (χ1n) is 10.9. The van der Waals surface area contributed by atoms with E-state index in [1.54, 1.807) is 29.2 Å². The molecule has 0 aliphatic carbocycles. The average Bonchev–Trinajstić information content (AvgIpc) is 3.25. The smallest absolute Gasteiger partial charge is 0.383 e. The highest BCUT2D eigenvalue weighted by molar-refractivity contribution is 6.05. The number of benzene rings is 3. The summed E-state index contributed by atoms with van der Waals surface area (Å²) in [5.74, 6) is -3.52. The summed E-state index contributed by atoms with van der Waals surface area (Å²) in [5.41, 5.74) is 8.25. The molecule has 36 heavy (non-hydrogen) atoms. The second-order valence-electron chi connectivity index (χ2n) is 8.10. The zero-order valence-electron chi connectivity index (χ0n) is 18.8. The maximum Gasteiger partial charge on any atom is 0.473 e. The number of alkyl halides is 3. The number of nitrogens with one attached hydrogen (secondary N) is 1. The van der Waals surface area contributed by atoms with Crippen LogP contribution in [0.5, 0.6) is 0 Å². The number of fused-ring (bicyclic) bond motifs is 1. The van der Waals surface area contributed by atoms with Crippen molar-refractivity contribution in [1.82, 2.24) is 10.2 Å². The molecule has 1 aliphatic rings. The van der Waals surface area contributed by atoms with E-state index >= 15 is 0 Å². The van der Waals surface area contributed by atoms with Gasteiger partial charge in [0, 0.05) is 29.8 Å². The molecule has 3 aromatic rings. The van der Waals surface area contributed by atoms with Crippen LogP contribution in [0.15, 0.2) is 83.9 Å². The maximum absolute atomic E-state index is 13.2. The van der Waals surface area contributed by atoms with Gasteiger partial charge in [0.2, 0.25) is 0 Å². The number of rotatable bonds is 5. The van der Waals surface area contributed by atoms with Crippen LogP contribution in [0, 0.1) is 0 Å². The van der Waals surface area contributed by atoms with Crippen LogP contribution in [0.3, 0.4) is 0 Å². The van der Waals surface area contributed by atoms with Gasteiger partial charge in [-0.25, -0.2) is 0 Å². The number of nitrogens with two attached hydrogens (primary N) is 1. The Kier molecular flexibility index (Phi) is 6.86. The first-order valence-corrected chi connectivity index (χ1v) is 10.9. The quantitative estimate of drug-likeness (QED) is 0.418. The van der Waals surface area contributed by atoms with Crippen molar-refractivity contribution in [2.24, 2.45) is 10.7 Å². The second-order valence-corrected chi connectivity index (χ2v) is 8.10. The molecule has 1 atom stereocenters. The Morgan fingerprint density at radius 2 is 1.50 bits per heavy atom. The van der Waals surface area contributed by atoms with Gasteiger partial charge >= 0.3 is 12.1 Å². The Morgan fingerprint density at radius 3 is 2.17 bits per heavy atom. The monoisotopic (exact) mass is 494 g/mol. The molecule has 1 aliphatic heterocycles. The number of carbonyl (C=O) groups excluding carboxylic acids is 3. The van der Waals surface area contributed by atoms with Gasteiger partial charge in [-0.1, -0.05) is 54.6 Å². The molecule has 0 aromatic heterocycles. The molecule has 3 N–H and O–H groups in total. The average molecular weight is 494 g/mol. The third-order valence-electron chi connectivity index (χ3n) is 5.78. The van der Waals surface area contributed by atoms with Crippen molar-refractivity contribution in [2.45, 2.75) is 18.8 Å². The molecular weight excluding hydrogens is 473 g/mol. The lowest BCUT2D eigenvalue weighted by Crippen LogP contribution is -2.37. The number of aliphatic imine (C=N–C) groups is 1. The predicted octanol–water partition coefficient (Wildman–Crippen LogP) is 3.61. The largest absolute Gasteiger partial charge is 0.473 e. The Labute approximate surface area is 204 Å². The molecule has 0 saturated heterocycles. The van der Waals surface area contributed by atoms with Crippen LogP contribution in [0.2, 0.25) is 0 Å². The van der Waals surface area contributed by atoms with Gasteiger partial charge < -0.3 is 16.0 Å². The third-order valence-corrected chi connectivity index (χ3v) is 5.78. The van der Waals surface area contributed by atoms with Crippen molar-refractivity contribution >= 4 is 23.6 Å². The van der Waals surface area contributed by atoms with Crippen LogP contribution in [0.1, 0.15) is 43.4 Å². The lowest BCUT2D eigenvalue weighted by Gasteiger charge is -2.26. The number of hydrogen-bond acceptors (Lipinski definition) is 3.